The van der Waals surface area contributed by atoms with Gasteiger partial charge in [-0.05, 0) is 62.1 Å². The van der Waals surface area contributed by atoms with Gasteiger partial charge in [0.05, 0.1) is 5.92 Å². The zero-order valence-electron chi connectivity index (χ0n) is 19.4. The molecule has 0 saturated carbocycles. The molecule has 1 heterocycles. The number of para-hydroxylation sites is 1. The Kier molecular flexibility index (Phi) is 9.60. The maximum absolute atomic E-state index is 11.8. The predicted molar refractivity (Wildman–Crippen MR) is 129 cm³/mol. The summed E-state index contributed by atoms with van der Waals surface area (Å²) in [6.07, 6.45) is 8.14. The first-order valence-corrected chi connectivity index (χ1v) is 12.1. The molecule has 1 fully saturated rings. The first kappa shape index (κ1) is 24.6. The smallest absolute Gasteiger partial charge is 0.411 e. The second kappa shape index (κ2) is 12.9. The highest BCUT2D eigenvalue weighted by Crippen LogP contribution is 2.31. The lowest BCUT2D eigenvalue weighted by Gasteiger charge is -2.35. The van der Waals surface area contributed by atoms with Crippen molar-refractivity contribution in [3.8, 4) is 11.5 Å². The molecule has 3 rings (SSSR count). The van der Waals surface area contributed by atoms with Gasteiger partial charge in [0.1, 0.15) is 17.6 Å². The normalized spacial score (nSPS) is 17.2. The number of carboxylic acid groups (broad SMARTS) is 1. The van der Waals surface area contributed by atoms with Crippen molar-refractivity contribution in [2.45, 2.75) is 70.8 Å². The maximum atomic E-state index is 11.8. The van der Waals surface area contributed by atoms with Crippen molar-refractivity contribution >= 4 is 17.7 Å². The van der Waals surface area contributed by atoms with Gasteiger partial charge in [-0.2, -0.15) is 0 Å². The molecule has 0 bridgehead atoms. The Morgan fingerprint density at radius 1 is 0.909 bits per heavy atom. The monoisotopic (exact) mass is 453 g/mol. The van der Waals surface area contributed by atoms with Crippen LogP contribution in [0.5, 0.6) is 11.5 Å². The predicted octanol–water partition coefficient (Wildman–Crippen LogP) is 7.04. The summed E-state index contributed by atoms with van der Waals surface area (Å²) in [7, 11) is 0. The lowest BCUT2D eigenvalue weighted by molar-refractivity contribution is -0.186. The van der Waals surface area contributed by atoms with Crippen molar-refractivity contribution in [2.75, 3.05) is 11.4 Å². The number of esters is 1. The van der Waals surface area contributed by atoms with E-state index in [0.717, 1.165) is 44.3 Å². The SMILES string of the molecule is CCCCCCC1C(=O)OC1CCCCCN(C(=O)O)c1ccc(Oc2ccccc2)cc1. The molecule has 2 aromatic carbocycles. The van der Waals surface area contributed by atoms with Gasteiger partial charge in [-0.15, -0.1) is 0 Å². The number of amides is 1. The Bertz CT molecular complexity index is 868. The van der Waals surface area contributed by atoms with Crippen LogP contribution in [-0.2, 0) is 9.53 Å². The molecule has 0 radical (unpaired) electrons. The van der Waals surface area contributed by atoms with Crippen LogP contribution in [0.2, 0.25) is 0 Å². The molecular formula is C27H35NO5. The van der Waals surface area contributed by atoms with Crippen LogP contribution in [0.1, 0.15) is 64.7 Å². The summed E-state index contributed by atoms with van der Waals surface area (Å²) in [4.78, 5) is 24.9. The molecule has 1 aliphatic rings. The molecule has 0 spiro atoms. The average Bonchev–Trinajstić information content (AvgIpc) is 2.81. The average molecular weight is 454 g/mol. The van der Waals surface area contributed by atoms with Crippen LogP contribution in [-0.4, -0.2) is 29.8 Å². The third-order valence-corrected chi connectivity index (χ3v) is 6.12. The number of unbranched alkanes of at least 4 members (excludes halogenated alkanes) is 5. The highest BCUT2D eigenvalue weighted by molar-refractivity contribution is 5.86. The van der Waals surface area contributed by atoms with Gasteiger partial charge in [-0.3, -0.25) is 9.69 Å². The van der Waals surface area contributed by atoms with Gasteiger partial charge in [0.25, 0.3) is 0 Å². The van der Waals surface area contributed by atoms with Gasteiger partial charge in [0.15, 0.2) is 0 Å². The van der Waals surface area contributed by atoms with E-state index in [2.05, 4.69) is 6.92 Å². The maximum Gasteiger partial charge on any atom is 0.411 e. The highest BCUT2D eigenvalue weighted by Gasteiger charge is 2.40. The van der Waals surface area contributed by atoms with E-state index in [1.54, 1.807) is 24.3 Å². The number of anilines is 1. The topological polar surface area (TPSA) is 76.1 Å². The number of hydrogen-bond acceptors (Lipinski definition) is 4. The second-order valence-electron chi connectivity index (χ2n) is 8.62. The van der Waals surface area contributed by atoms with E-state index in [1.807, 2.05) is 30.3 Å². The summed E-state index contributed by atoms with van der Waals surface area (Å²) in [5, 5.41) is 9.64. The van der Waals surface area contributed by atoms with Crippen molar-refractivity contribution in [3.05, 3.63) is 54.6 Å². The molecule has 178 valence electrons. The minimum Gasteiger partial charge on any atom is -0.465 e. The Hall–Kier alpha value is -3.02. The first-order chi connectivity index (χ1) is 16.1. The van der Waals surface area contributed by atoms with E-state index >= 15 is 0 Å². The third-order valence-electron chi connectivity index (χ3n) is 6.12. The molecule has 6 heteroatoms. The van der Waals surface area contributed by atoms with Gasteiger partial charge in [0, 0.05) is 12.2 Å². The fraction of sp³-hybridized carbons (Fsp3) is 0.481. The van der Waals surface area contributed by atoms with Crippen molar-refractivity contribution in [2.24, 2.45) is 5.92 Å². The molecule has 1 saturated heterocycles. The zero-order valence-corrected chi connectivity index (χ0v) is 19.4. The van der Waals surface area contributed by atoms with E-state index in [9.17, 15) is 14.7 Å². The lowest BCUT2D eigenvalue weighted by atomic mass is 9.87. The summed E-state index contributed by atoms with van der Waals surface area (Å²) in [5.74, 6) is 1.41. The van der Waals surface area contributed by atoms with E-state index in [-0.39, 0.29) is 18.0 Å². The Balaban J connectivity index is 1.39. The van der Waals surface area contributed by atoms with Crippen LogP contribution >= 0.6 is 0 Å². The van der Waals surface area contributed by atoms with Gasteiger partial charge in [0.2, 0.25) is 0 Å². The number of ether oxygens (including phenoxy) is 2. The van der Waals surface area contributed by atoms with E-state index in [0.29, 0.717) is 18.0 Å². The standard InChI is InChI=1S/C27H35NO5/c1-2-3-4-9-14-24-25(33-26(24)29)15-10-6-11-20-28(27(30)31)21-16-18-23(19-17-21)32-22-12-7-5-8-13-22/h5,7-8,12-13,16-19,24-25H,2-4,6,9-11,14-15,20H2,1H3,(H,30,31). The van der Waals surface area contributed by atoms with Crippen LogP contribution in [0, 0.1) is 5.92 Å². The molecule has 6 nitrogen and oxygen atoms in total. The molecular weight excluding hydrogens is 418 g/mol. The molecule has 2 atom stereocenters. The van der Waals surface area contributed by atoms with Gasteiger partial charge in [-0.25, -0.2) is 4.79 Å². The Labute approximate surface area is 196 Å². The van der Waals surface area contributed by atoms with Crippen molar-refractivity contribution in [1.82, 2.24) is 0 Å². The number of rotatable bonds is 14. The van der Waals surface area contributed by atoms with Crippen LogP contribution in [0.4, 0.5) is 10.5 Å². The minimum atomic E-state index is -0.966. The molecule has 0 aliphatic carbocycles. The number of benzene rings is 2. The van der Waals surface area contributed by atoms with Crippen molar-refractivity contribution in [1.29, 1.82) is 0 Å². The van der Waals surface area contributed by atoms with Crippen molar-refractivity contribution in [3.63, 3.8) is 0 Å². The molecule has 2 unspecified atom stereocenters. The Morgan fingerprint density at radius 3 is 2.24 bits per heavy atom. The summed E-state index contributed by atoms with van der Waals surface area (Å²) < 4.78 is 11.1. The molecule has 33 heavy (non-hydrogen) atoms. The van der Waals surface area contributed by atoms with E-state index in [1.165, 1.54) is 24.2 Å². The van der Waals surface area contributed by atoms with Gasteiger partial charge in [-0.1, -0.05) is 57.2 Å². The second-order valence-corrected chi connectivity index (χ2v) is 8.62. The first-order valence-electron chi connectivity index (χ1n) is 12.1. The van der Waals surface area contributed by atoms with Crippen LogP contribution < -0.4 is 9.64 Å². The molecule has 1 aliphatic heterocycles. The third kappa shape index (κ3) is 7.52. The van der Waals surface area contributed by atoms with Crippen LogP contribution in [0.15, 0.2) is 54.6 Å². The largest absolute Gasteiger partial charge is 0.465 e. The van der Waals surface area contributed by atoms with Gasteiger partial charge < -0.3 is 14.6 Å². The molecule has 1 amide bonds. The number of hydrogen-bond donors (Lipinski definition) is 1. The number of carbonyl (C=O) groups is 2. The number of carbonyl (C=O) groups excluding carboxylic acids is 1. The van der Waals surface area contributed by atoms with E-state index < -0.39 is 6.09 Å². The molecule has 1 N–H and O–H groups in total. The summed E-state index contributed by atoms with van der Waals surface area (Å²) >= 11 is 0. The fourth-order valence-corrected chi connectivity index (χ4v) is 4.20. The van der Waals surface area contributed by atoms with Crippen molar-refractivity contribution < 1.29 is 24.2 Å². The minimum absolute atomic E-state index is 0.0479. The lowest BCUT2D eigenvalue weighted by Crippen LogP contribution is -2.44. The van der Waals surface area contributed by atoms with Crippen LogP contribution in [0.3, 0.4) is 0 Å². The van der Waals surface area contributed by atoms with E-state index in [4.69, 9.17) is 9.47 Å². The van der Waals surface area contributed by atoms with Gasteiger partial charge >= 0.3 is 12.1 Å². The highest BCUT2D eigenvalue weighted by atomic mass is 16.6. The quantitative estimate of drug-likeness (QED) is 0.245. The summed E-state index contributed by atoms with van der Waals surface area (Å²) in [6.45, 7) is 2.61. The summed E-state index contributed by atoms with van der Waals surface area (Å²) in [5.41, 5.74) is 0.628. The molecule has 2 aromatic rings. The number of nitrogens with zero attached hydrogens (tertiary/aromatic N) is 1. The van der Waals surface area contributed by atoms with Crippen LogP contribution in [0.25, 0.3) is 0 Å². The Morgan fingerprint density at radius 2 is 1.58 bits per heavy atom. The molecule has 0 aromatic heterocycles. The fourth-order valence-electron chi connectivity index (χ4n) is 4.20. The zero-order chi connectivity index (χ0) is 23.5. The number of cyclic esters (lactones) is 1. The summed E-state index contributed by atoms with van der Waals surface area (Å²) in [6, 6.07) is 16.6.